The largest absolute Gasteiger partial charge is 0.508 e. The van der Waals surface area contributed by atoms with E-state index in [0.717, 1.165) is 29.9 Å². The van der Waals surface area contributed by atoms with Crippen LogP contribution in [0.25, 0.3) is 0 Å². The van der Waals surface area contributed by atoms with Crippen LogP contribution in [-0.2, 0) is 16.0 Å². The van der Waals surface area contributed by atoms with Gasteiger partial charge in [-0.05, 0) is 36.8 Å². The highest BCUT2D eigenvalue weighted by atomic mass is 32.2. The molecule has 1 N–H and O–H groups in total. The second-order valence-corrected chi connectivity index (χ2v) is 7.13. The molecule has 0 fully saturated rings. The Hall–Kier alpha value is -2.27. The molecule has 0 atom stereocenters. The Morgan fingerprint density at radius 1 is 1.00 bits per heavy atom. The van der Waals surface area contributed by atoms with E-state index in [4.69, 9.17) is 4.74 Å². The van der Waals surface area contributed by atoms with Crippen molar-refractivity contribution in [1.82, 2.24) is 0 Å². The fourth-order valence-corrected chi connectivity index (χ4v) is 3.67. The van der Waals surface area contributed by atoms with Crippen molar-refractivity contribution in [2.45, 2.75) is 37.0 Å². The monoisotopic (exact) mass is 372 g/mol. The molecule has 138 valence electrons. The van der Waals surface area contributed by atoms with E-state index in [0.29, 0.717) is 17.5 Å². The maximum Gasteiger partial charge on any atom is 0.338 e. The Kier molecular flexibility index (Phi) is 8.22. The highest BCUT2D eigenvalue weighted by molar-refractivity contribution is 7.99. The number of ketones is 1. The quantitative estimate of drug-likeness (QED) is 0.374. The number of phenols is 1. The lowest BCUT2D eigenvalue weighted by molar-refractivity contribution is -0.118. The van der Waals surface area contributed by atoms with E-state index in [9.17, 15) is 14.7 Å². The number of thioether (sulfide) groups is 1. The van der Waals surface area contributed by atoms with Gasteiger partial charge in [0.1, 0.15) is 11.5 Å². The molecule has 0 radical (unpaired) electrons. The molecule has 0 aromatic heterocycles. The molecule has 0 heterocycles. The molecule has 2 rings (SSSR count). The predicted octanol–water partition coefficient (Wildman–Crippen LogP) is 4.64. The molecule has 0 aliphatic carbocycles. The smallest absolute Gasteiger partial charge is 0.338 e. The van der Waals surface area contributed by atoms with Gasteiger partial charge in [-0.1, -0.05) is 36.8 Å². The van der Waals surface area contributed by atoms with Crippen molar-refractivity contribution < 1.29 is 19.4 Å². The Morgan fingerprint density at radius 2 is 1.73 bits per heavy atom. The molecule has 2 aromatic carbocycles. The SMILES string of the molecule is COC(=O)c1ccccc1SCCCCCC(=O)Cc1ccccc1O. The lowest BCUT2D eigenvalue weighted by Gasteiger charge is -2.07. The van der Waals surface area contributed by atoms with Gasteiger partial charge in [-0.15, -0.1) is 11.8 Å². The molecule has 2 aromatic rings. The van der Waals surface area contributed by atoms with Crippen LogP contribution in [0.3, 0.4) is 0 Å². The number of Topliss-reactive ketones (excluding diaryl/α,β-unsaturated/α-hetero) is 1. The van der Waals surface area contributed by atoms with Gasteiger partial charge in [0.2, 0.25) is 0 Å². The van der Waals surface area contributed by atoms with Gasteiger partial charge in [0.05, 0.1) is 12.7 Å². The second kappa shape index (κ2) is 10.7. The minimum atomic E-state index is -0.317. The molecule has 0 saturated heterocycles. The van der Waals surface area contributed by atoms with Gasteiger partial charge in [0.25, 0.3) is 0 Å². The number of carbonyl (C=O) groups is 2. The second-order valence-electron chi connectivity index (χ2n) is 5.99. The summed E-state index contributed by atoms with van der Waals surface area (Å²) in [5.41, 5.74) is 1.28. The van der Waals surface area contributed by atoms with Gasteiger partial charge in [0.15, 0.2) is 0 Å². The fourth-order valence-electron chi connectivity index (χ4n) is 2.62. The third kappa shape index (κ3) is 6.23. The van der Waals surface area contributed by atoms with Crippen LogP contribution in [0.1, 0.15) is 41.6 Å². The van der Waals surface area contributed by atoms with E-state index in [1.54, 1.807) is 36.0 Å². The average Bonchev–Trinajstić information content (AvgIpc) is 2.66. The molecule has 0 bridgehead atoms. The highest BCUT2D eigenvalue weighted by Gasteiger charge is 2.11. The summed E-state index contributed by atoms with van der Waals surface area (Å²) < 4.78 is 4.80. The highest BCUT2D eigenvalue weighted by Crippen LogP contribution is 2.24. The number of para-hydroxylation sites is 1. The Balaban J connectivity index is 1.66. The van der Waals surface area contributed by atoms with Gasteiger partial charge < -0.3 is 9.84 Å². The van der Waals surface area contributed by atoms with E-state index in [-0.39, 0.29) is 23.9 Å². The first-order valence-electron chi connectivity index (χ1n) is 8.70. The fraction of sp³-hybridized carbons (Fsp3) is 0.333. The average molecular weight is 372 g/mol. The molecular weight excluding hydrogens is 348 g/mol. The molecule has 0 amide bonds. The minimum absolute atomic E-state index is 0.148. The zero-order valence-electron chi connectivity index (χ0n) is 14.9. The molecule has 4 nitrogen and oxygen atoms in total. The first-order chi connectivity index (χ1) is 12.6. The molecule has 0 aliphatic rings. The first kappa shape index (κ1) is 20.0. The summed E-state index contributed by atoms with van der Waals surface area (Å²) >= 11 is 1.64. The number of hydrogen-bond donors (Lipinski definition) is 1. The summed E-state index contributed by atoms with van der Waals surface area (Å²) in [7, 11) is 1.38. The summed E-state index contributed by atoms with van der Waals surface area (Å²) in [5.74, 6) is 0.904. The molecule has 0 saturated carbocycles. The lowest BCUT2D eigenvalue weighted by atomic mass is 10.0. The van der Waals surface area contributed by atoms with Gasteiger partial charge in [-0.2, -0.15) is 0 Å². The Morgan fingerprint density at radius 3 is 2.50 bits per heavy atom. The van der Waals surface area contributed by atoms with Crippen LogP contribution in [0.4, 0.5) is 0 Å². The Labute approximate surface area is 158 Å². The van der Waals surface area contributed by atoms with Crippen molar-refractivity contribution in [3.05, 3.63) is 59.7 Å². The summed E-state index contributed by atoms with van der Waals surface area (Å²) in [5, 5.41) is 9.70. The number of carbonyl (C=O) groups excluding carboxylic acids is 2. The zero-order valence-corrected chi connectivity index (χ0v) is 15.8. The van der Waals surface area contributed by atoms with Gasteiger partial charge in [-0.25, -0.2) is 4.79 Å². The molecule has 0 unspecified atom stereocenters. The number of esters is 1. The number of methoxy groups -OCH3 is 1. The van der Waals surface area contributed by atoms with Crippen molar-refractivity contribution in [2.24, 2.45) is 0 Å². The van der Waals surface area contributed by atoms with Crippen LogP contribution < -0.4 is 0 Å². The summed E-state index contributed by atoms with van der Waals surface area (Å²) in [6.07, 6.45) is 3.58. The third-order valence-electron chi connectivity index (χ3n) is 4.03. The Bertz CT molecular complexity index is 742. The maximum atomic E-state index is 12.0. The number of unbranched alkanes of at least 4 members (excludes halogenated alkanes) is 2. The standard InChI is InChI=1S/C21H24O4S/c1-25-21(24)18-11-5-7-13-20(18)26-14-8-2-3-10-17(22)15-16-9-4-6-12-19(16)23/h4-7,9,11-13,23H,2-3,8,10,14-15H2,1H3. The molecule has 26 heavy (non-hydrogen) atoms. The van der Waals surface area contributed by atoms with E-state index in [1.165, 1.54) is 7.11 Å². The van der Waals surface area contributed by atoms with Gasteiger partial charge >= 0.3 is 5.97 Å². The van der Waals surface area contributed by atoms with Crippen molar-refractivity contribution in [3.63, 3.8) is 0 Å². The van der Waals surface area contributed by atoms with Crippen molar-refractivity contribution in [1.29, 1.82) is 0 Å². The number of benzene rings is 2. The van der Waals surface area contributed by atoms with Crippen molar-refractivity contribution >= 4 is 23.5 Å². The van der Waals surface area contributed by atoms with Crippen LogP contribution in [0.2, 0.25) is 0 Å². The van der Waals surface area contributed by atoms with Crippen LogP contribution in [-0.4, -0.2) is 29.7 Å². The number of phenolic OH excluding ortho intramolecular Hbond substituents is 1. The number of aromatic hydroxyl groups is 1. The van der Waals surface area contributed by atoms with Crippen LogP contribution in [0.5, 0.6) is 5.75 Å². The summed E-state index contributed by atoms with van der Waals surface area (Å²) in [4.78, 5) is 24.7. The van der Waals surface area contributed by atoms with Crippen LogP contribution in [0.15, 0.2) is 53.4 Å². The third-order valence-corrected chi connectivity index (χ3v) is 5.19. The van der Waals surface area contributed by atoms with E-state index in [1.807, 2.05) is 24.3 Å². The first-order valence-corrected chi connectivity index (χ1v) is 9.69. The zero-order chi connectivity index (χ0) is 18.8. The maximum absolute atomic E-state index is 12.0. The number of rotatable bonds is 10. The predicted molar refractivity (Wildman–Crippen MR) is 104 cm³/mol. The van der Waals surface area contributed by atoms with Gasteiger partial charge in [0, 0.05) is 23.3 Å². The topological polar surface area (TPSA) is 63.6 Å². The summed E-state index contributed by atoms with van der Waals surface area (Å²) in [6, 6.07) is 14.4. The van der Waals surface area contributed by atoms with Crippen molar-refractivity contribution in [2.75, 3.05) is 12.9 Å². The molecule has 0 aliphatic heterocycles. The summed E-state index contributed by atoms with van der Waals surface area (Å²) in [6.45, 7) is 0. The number of ether oxygens (including phenoxy) is 1. The van der Waals surface area contributed by atoms with Gasteiger partial charge in [-0.3, -0.25) is 4.79 Å². The van der Waals surface area contributed by atoms with Crippen molar-refractivity contribution in [3.8, 4) is 5.75 Å². The van der Waals surface area contributed by atoms with E-state index >= 15 is 0 Å². The number of hydrogen-bond acceptors (Lipinski definition) is 5. The van der Waals surface area contributed by atoms with Crippen LogP contribution in [0, 0.1) is 0 Å². The molecule has 5 heteroatoms. The molecule has 0 spiro atoms. The van der Waals surface area contributed by atoms with E-state index < -0.39 is 0 Å². The van der Waals surface area contributed by atoms with E-state index in [2.05, 4.69) is 0 Å². The molecular formula is C21H24O4S. The normalized spacial score (nSPS) is 10.5. The lowest BCUT2D eigenvalue weighted by Crippen LogP contribution is -2.03. The minimum Gasteiger partial charge on any atom is -0.508 e. The van der Waals surface area contributed by atoms with Crippen LogP contribution >= 0.6 is 11.8 Å².